The minimum Gasteiger partial charge on any atom is -0.481 e. The summed E-state index contributed by atoms with van der Waals surface area (Å²) < 4.78 is 15.6. The molecule has 0 aliphatic carbocycles. The van der Waals surface area contributed by atoms with E-state index in [2.05, 4.69) is 15.0 Å². The average Bonchev–Trinajstić information content (AvgIpc) is 2.73. The molecular weight excluding hydrogens is 277 g/mol. The van der Waals surface area contributed by atoms with Crippen LogP contribution in [-0.2, 0) is 4.79 Å². The molecule has 0 atom stereocenters. The molecule has 0 amide bonds. The molecule has 0 saturated carbocycles. The second kappa shape index (κ2) is 6.78. The topological polar surface area (TPSA) is 107 Å². The van der Waals surface area contributed by atoms with E-state index in [0.29, 0.717) is 5.69 Å². The van der Waals surface area contributed by atoms with Gasteiger partial charge in [-0.15, -0.1) is 0 Å². The number of aryl methyl sites for hydroxylation is 1. The Morgan fingerprint density at radius 1 is 1.38 bits per heavy atom. The van der Waals surface area contributed by atoms with Gasteiger partial charge < -0.3 is 15.4 Å². The molecule has 3 N–H and O–H groups in total. The Morgan fingerprint density at radius 3 is 2.48 bits per heavy atom. The summed E-state index contributed by atoms with van der Waals surface area (Å²) in [5.41, 5.74) is 6.28. The third-order valence-electron chi connectivity index (χ3n) is 2.50. The third-order valence-corrected chi connectivity index (χ3v) is 2.50. The van der Waals surface area contributed by atoms with Crippen molar-refractivity contribution >= 4 is 11.9 Å². The van der Waals surface area contributed by atoms with E-state index in [9.17, 15) is 4.39 Å². The van der Waals surface area contributed by atoms with Crippen molar-refractivity contribution in [3.8, 4) is 11.4 Å². The quantitative estimate of drug-likeness (QED) is 0.878. The predicted octanol–water partition coefficient (Wildman–Crippen LogP) is 2.04. The molecule has 0 fully saturated rings. The summed E-state index contributed by atoms with van der Waals surface area (Å²) in [7, 11) is 0. The minimum atomic E-state index is -0.833. The molecule has 0 bridgehead atoms. The Morgan fingerprint density at radius 2 is 1.95 bits per heavy atom. The molecule has 0 saturated heterocycles. The number of hydrogen-bond donors (Lipinski definition) is 2. The van der Waals surface area contributed by atoms with Crippen LogP contribution in [0, 0.1) is 12.7 Å². The maximum absolute atomic E-state index is 13.7. The van der Waals surface area contributed by atoms with Crippen LogP contribution in [0.15, 0.2) is 12.4 Å². The molecule has 2 heterocycles. The fraction of sp³-hybridized carbons (Fsp3) is 0.385. The van der Waals surface area contributed by atoms with Gasteiger partial charge in [-0.05, 0) is 20.8 Å². The van der Waals surface area contributed by atoms with Crippen LogP contribution in [0.5, 0.6) is 0 Å². The molecule has 2 aromatic heterocycles. The molecule has 0 aliphatic rings. The SMILES string of the molecule is CC(=O)O.Cc1ncc(-c2nc(N)ncc2F)n1C(C)C. The number of imidazole rings is 1. The maximum atomic E-state index is 13.7. The highest BCUT2D eigenvalue weighted by atomic mass is 19.1. The minimum absolute atomic E-state index is 0.0514. The Kier molecular flexibility index (Phi) is 5.34. The van der Waals surface area contributed by atoms with Gasteiger partial charge in [0.2, 0.25) is 5.95 Å². The molecule has 0 aliphatic heterocycles. The van der Waals surface area contributed by atoms with Crippen LogP contribution >= 0.6 is 0 Å². The van der Waals surface area contributed by atoms with Crippen molar-refractivity contribution in [1.82, 2.24) is 19.5 Å². The number of carboxylic acid groups (broad SMARTS) is 1. The summed E-state index contributed by atoms with van der Waals surface area (Å²) in [6, 6.07) is 0.170. The van der Waals surface area contributed by atoms with Gasteiger partial charge in [-0.2, -0.15) is 0 Å². The summed E-state index contributed by atoms with van der Waals surface area (Å²) in [5, 5.41) is 7.42. The fourth-order valence-electron chi connectivity index (χ4n) is 1.84. The van der Waals surface area contributed by atoms with E-state index in [4.69, 9.17) is 15.6 Å². The summed E-state index contributed by atoms with van der Waals surface area (Å²) in [6.45, 7) is 6.95. The summed E-state index contributed by atoms with van der Waals surface area (Å²) in [4.78, 5) is 20.7. The van der Waals surface area contributed by atoms with E-state index in [1.807, 2.05) is 25.3 Å². The lowest BCUT2D eigenvalue weighted by molar-refractivity contribution is -0.134. The van der Waals surface area contributed by atoms with Crippen molar-refractivity contribution in [3.05, 3.63) is 24.0 Å². The lowest BCUT2D eigenvalue weighted by atomic mass is 10.2. The number of nitrogen functional groups attached to an aromatic ring is 1. The van der Waals surface area contributed by atoms with Gasteiger partial charge in [0.15, 0.2) is 5.82 Å². The molecule has 21 heavy (non-hydrogen) atoms. The highest BCUT2D eigenvalue weighted by molar-refractivity contribution is 5.63. The zero-order valence-corrected chi connectivity index (χ0v) is 12.3. The first-order chi connectivity index (χ1) is 9.73. The second-order valence-corrected chi connectivity index (χ2v) is 4.60. The smallest absolute Gasteiger partial charge is 0.300 e. The normalized spacial score (nSPS) is 10.2. The van der Waals surface area contributed by atoms with Gasteiger partial charge in [0, 0.05) is 13.0 Å². The number of rotatable bonds is 2. The first-order valence-electron chi connectivity index (χ1n) is 6.25. The van der Waals surface area contributed by atoms with Crippen LogP contribution in [0.4, 0.5) is 10.3 Å². The molecule has 7 nitrogen and oxygen atoms in total. The fourth-order valence-corrected chi connectivity index (χ4v) is 1.84. The Hall–Kier alpha value is -2.51. The van der Waals surface area contributed by atoms with Crippen molar-refractivity contribution in [2.75, 3.05) is 5.73 Å². The third kappa shape index (κ3) is 4.23. The van der Waals surface area contributed by atoms with E-state index >= 15 is 0 Å². The van der Waals surface area contributed by atoms with Gasteiger partial charge in [-0.1, -0.05) is 0 Å². The van der Waals surface area contributed by atoms with Crippen molar-refractivity contribution in [1.29, 1.82) is 0 Å². The first-order valence-corrected chi connectivity index (χ1v) is 6.25. The molecule has 114 valence electrons. The van der Waals surface area contributed by atoms with E-state index in [0.717, 1.165) is 18.9 Å². The first kappa shape index (κ1) is 16.5. The van der Waals surface area contributed by atoms with E-state index in [-0.39, 0.29) is 17.7 Å². The maximum Gasteiger partial charge on any atom is 0.300 e. The zero-order chi connectivity index (χ0) is 16.2. The van der Waals surface area contributed by atoms with Crippen molar-refractivity contribution in [3.63, 3.8) is 0 Å². The Balaban J connectivity index is 0.000000491. The lowest BCUT2D eigenvalue weighted by Crippen LogP contribution is -2.08. The van der Waals surface area contributed by atoms with Gasteiger partial charge in [0.25, 0.3) is 5.97 Å². The highest BCUT2D eigenvalue weighted by Crippen LogP contribution is 2.25. The number of hydrogen-bond acceptors (Lipinski definition) is 5. The molecule has 0 unspecified atom stereocenters. The van der Waals surface area contributed by atoms with Crippen molar-refractivity contribution < 1.29 is 14.3 Å². The van der Waals surface area contributed by atoms with Crippen LogP contribution in [0.2, 0.25) is 0 Å². The highest BCUT2D eigenvalue weighted by Gasteiger charge is 2.16. The lowest BCUT2D eigenvalue weighted by Gasteiger charge is -2.13. The number of halogens is 1. The van der Waals surface area contributed by atoms with E-state index in [1.54, 1.807) is 6.20 Å². The zero-order valence-electron chi connectivity index (χ0n) is 12.3. The van der Waals surface area contributed by atoms with Crippen LogP contribution in [0.1, 0.15) is 32.6 Å². The number of nitrogens with two attached hydrogens (primary N) is 1. The Labute approximate surface area is 121 Å². The van der Waals surface area contributed by atoms with Crippen molar-refractivity contribution in [2.24, 2.45) is 0 Å². The number of carbonyl (C=O) groups is 1. The molecule has 2 rings (SSSR count). The van der Waals surface area contributed by atoms with Gasteiger partial charge in [-0.25, -0.2) is 19.3 Å². The largest absolute Gasteiger partial charge is 0.481 e. The molecule has 8 heteroatoms. The number of aromatic nitrogens is 4. The second-order valence-electron chi connectivity index (χ2n) is 4.60. The number of nitrogens with zero attached hydrogens (tertiary/aromatic N) is 4. The van der Waals surface area contributed by atoms with Crippen LogP contribution < -0.4 is 5.73 Å². The van der Waals surface area contributed by atoms with Crippen molar-refractivity contribution in [2.45, 2.75) is 33.7 Å². The van der Waals surface area contributed by atoms with Gasteiger partial charge in [0.1, 0.15) is 11.5 Å². The molecular formula is C13H18FN5O2. The van der Waals surface area contributed by atoms with E-state index < -0.39 is 11.8 Å². The predicted molar refractivity (Wildman–Crippen MR) is 76.1 cm³/mol. The number of anilines is 1. The van der Waals surface area contributed by atoms with Crippen LogP contribution in [0.25, 0.3) is 11.4 Å². The summed E-state index contributed by atoms with van der Waals surface area (Å²) in [5.74, 6) is -0.469. The number of carboxylic acids is 1. The van der Waals surface area contributed by atoms with Gasteiger partial charge in [-0.3, -0.25) is 4.79 Å². The molecule has 0 radical (unpaired) electrons. The monoisotopic (exact) mass is 295 g/mol. The Bertz CT molecular complexity index is 635. The van der Waals surface area contributed by atoms with Crippen LogP contribution in [0.3, 0.4) is 0 Å². The molecule has 2 aromatic rings. The molecule has 0 spiro atoms. The standard InChI is InChI=1S/C11H14FN5.C2H4O2/c1-6(2)17-7(3)14-5-9(17)10-8(12)4-15-11(13)16-10;1-2(3)4/h4-6H,1-3H3,(H2,13,15,16);1H3,(H,3,4). The number of aliphatic carboxylic acids is 1. The van der Waals surface area contributed by atoms with Gasteiger partial charge >= 0.3 is 0 Å². The molecule has 0 aromatic carbocycles. The van der Waals surface area contributed by atoms with E-state index in [1.165, 1.54) is 0 Å². The summed E-state index contributed by atoms with van der Waals surface area (Å²) >= 11 is 0. The summed E-state index contributed by atoms with van der Waals surface area (Å²) in [6.07, 6.45) is 2.67. The van der Waals surface area contributed by atoms with Gasteiger partial charge in [0.05, 0.1) is 18.1 Å². The van der Waals surface area contributed by atoms with Crippen LogP contribution in [-0.4, -0.2) is 30.6 Å². The average molecular weight is 295 g/mol.